The normalized spacial score (nSPS) is 10.3. The number of hydrogen-bond donors (Lipinski definition) is 2. The Kier molecular flexibility index (Phi) is 4.04. The molecular weight excluding hydrogens is 308 g/mol. The van der Waals surface area contributed by atoms with Crippen LogP contribution in [-0.2, 0) is 0 Å². The van der Waals surface area contributed by atoms with Crippen LogP contribution < -0.4 is 4.74 Å². The third-order valence-electron chi connectivity index (χ3n) is 3.14. The predicted molar refractivity (Wildman–Crippen MR) is 79.1 cm³/mol. The molecule has 0 bridgehead atoms. The molecule has 0 fully saturated rings. The number of aromatic hydroxyl groups is 2. The van der Waals surface area contributed by atoms with E-state index in [4.69, 9.17) is 4.74 Å². The number of hydrogen-bond acceptors (Lipinski definition) is 7. The van der Waals surface area contributed by atoms with E-state index in [9.17, 15) is 30.4 Å². The third kappa shape index (κ3) is 3.12. The second-order valence-corrected chi connectivity index (χ2v) is 4.83. The lowest BCUT2D eigenvalue weighted by atomic mass is 10.1. The summed E-state index contributed by atoms with van der Waals surface area (Å²) in [6, 6.07) is 4.74. The first-order chi connectivity index (χ1) is 10.7. The summed E-state index contributed by atoms with van der Waals surface area (Å²) in [7, 11) is 0. The van der Waals surface area contributed by atoms with Gasteiger partial charge in [0.05, 0.1) is 22.0 Å². The van der Waals surface area contributed by atoms with Crippen LogP contribution in [0.4, 0.5) is 11.4 Å². The van der Waals surface area contributed by atoms with Crippen molar-refractivity contribution in [2.24, 2.45) is 0 Å². The summed E-state index contributed by atoms with van der Waals surface area (Å²) in [5, 5.41) is 41.0. The van der Waals surface area contributed by atoms with E-state index in [2.05, 4.69) is 0 Å². The Hall–Kier alpha value is -3.36. The van der Waals surface area contributed by atoms with Crippen LogP contribution in [0, 0.1) is 34.1 Å². The first-order valence-electron chi connectivity index (χ1n) is 6.34. The number of phenolic OH excluding ortho intramolecular Hbond substituents is 2. The van der Waals surface area contributed by atoms with Crippen LogP contribution in [0.3, 0.4) is 0 Å². The number of nitro benzene ring substituents is 2. The number of nitro groups is 2. The summed E-state index contributed by atoms with van der Waals surface area (Å²) in [6.07, 6.45) is 0. The SMILES string of the molecule is Cc1cc(Oc2cc(C)c(O)c([N+](=O)[O-])c2)cc([N+](=O)[O-])c1O. The molecule has 0 radical (unpaired) electrons. The molecule has 0 aliphatic carbocycles. The minimum Gasteiger partial charge on any atom is -0.502 e. The molecule has 0 aromatic heterocycles. The van der Waals surface area contributed by atoms with Crippen LogP contribution in [0.1, 0.15) is 11.1 Å². The zero-order chi connectivity index (χ0) is 17.3. The molecule has 0 aliphatic heterocycles. The molecule has 0 heterocycles. The molecule has 0 aliphatic rings. The van der Waals surface area contributed by atoms with Gasteiger partial charge in [-0.1, -0.05) is 0 Å². The standard InChI is InChI=1S/C14H12N2O7/c1-7-3-9(5-11(13(7)17)15(19)20)23-10-4-8(2)14(18)12(6-10)16(21)22/h3-6,17-18H,1-2H3. The Balaban J connectivity index is 2.48. The van der Waals surface area contributed by atoms with E-state index in [1.165, 1.54) is 26.0 Å². The molecule has 0 saturated heterocycles. The molecule has 0 saturated carbocycles. The number of aryl methyl sites for hydroxylation is 2. The Morgan fingerprint density at radius 3 is 1.48 bits per heavy atom. The van der Waals surface area contributed by atoms with Crippen molar-refractivity contribution in [3.8, 4) is 23.0 Å². The summed E-state index contributed by atoms with van der Waals surface area (Å²) in [4.78, 5) is 20.2. The van der Waals surface area contributed by atoms with E-state index in [-0.39, 0.29) is 22.6 Å². The lowest BCUT2D eigenvalue weighted by Gasteiger charge is -2.09. The van der Waals surface area contributed by atoms with Crippen LogP contribution >= 0.6 is 0 Å². The fourth-order valence-electron chi connectivity index (χ4n) is 1.99. The van der Waals surface area contributed by atoms with Gasteiger partial charge < -0.3 is 14.9 Å². The number of nitrogens with zero attached hydrogens (tertiary/aromatic N) is 2. The van der Waals surface area contributed by atoms with E-state index in [1.807, 2.05) is 0 Å². The highest BCUT2D eigenvalue weighted by Crippen LogP contribution is 2.38. The molecule has 0 spiro atoms. The van der Waals surface area contributed by atoms with Crippen molar-refractivity contribution in [3.63, 3.8) is 0 Å². The van der Waals surface area contributed by atoms with Crippen LogP contribution in [0.2, 0.25) is 0 Å². The third-order valence-corrected chi connectivity index (χ3v) is 3.14. The van der Waals surface area contributed by atoms with Crippen LogP contribution in [0.25, 0.3) is 0 Å². The topological polar surface area (TPSA) is 136 Å². The minimum atomic E-state index is -0.764. The van der Waals surface area contributed by atoms with Gasteiger partial charge in [-0.2, -0.15) is 0 Å². The molecule has 0 amide bonds. The fraction of sp³-hybridized carbons (Fsp3) is 0.143. The average molecular weight is 320 g/mol. The molecule has 9 nitrogen and oxygen atoms in total. The second-order valence-electron chi connectivity index (χ2n) is 4.83. The summed E-state index contributed by atoms with van der Waals surface area (Å²) in [5.74, 6) is -0.886. The summed E-state index contributed by atoms with van der Waals surface area (Å²) in [6.45, 7) is 2.92. The number of rotatable bonds is 4. The predicted octanol–water partition coefficient (Wildman–Crippen LogP) is 3.32. The van der Waals surface area contributed by atoms with Gasteiger partial charge in [0.15, 0.2) is 11.5 Å². The molecule has 0 unspecified atom stereocenters. The first kappa shape index (κ1) is 16.0. The highest BCUT2D eigenvalue weighted by atomic mass is 16.6. The summed E-state index contributed by atoms with van der Waals surface area (Å²) < 4.78 is 5.40. The Morgan fingerprint density at radius 1 is 0.826 bits per heavy atom. The van der Waals surface area contributed by atoms with Crippen molar-refractivity contribution in [1.82, 2.24) is 0 Å². The van der Waals surface area contributed by atoms with Crippen molar-refractivity contribution in [2.45, 2.75) is 13.8 Å². The van der Waals surface area contributed by atoms with Gasteiger partial charge in [0, 0.05) is 11.1 Å². The molecule has 2 rings (SSSR count). The average Bonchev–Trinajstić information content (AvgIpc) is 2.45. The van der Waals surface area contributed by atoms with Crippen LogP contribution in [0.5, 0.6) is 23.0 Å². The summed E-state index contributed by atoms with van der Waals surface area (Å²) in [5.41, 5.74) is -0.631. The van der Waals surface area contributed by atoms with Gasteiger partial charge in [0.1, 0.15) is 11.5 Å². The van der Waals surface area contributed by atoms with Gasteiger partial charge >= 0.3 is 11.4 Å². The van der Waals surface area contributed by atoms with E-state index in [1.54, 1.807) is 0 Å². The quantitative estimate of drug-likeness (QED) is 0.651. The lowest BCUT2D eigenvalue weighted by Crippen LogP contribution is -1.95. The molecule has 2 N–H and O–H groups in total. The molecule has 9 heteroatoms. The second kappa shape index (κ2) is 5.79. The van der Waals surface area contributed by atoms with Gasteiger partial charge in [-0.25, -0.2) is 0 Å². The lowest BCUT2D eigenvalue weighted by molar-refractivity contribution is -0.386. The van der Waals surface area contributed by atoms with Gasteiger partial charge in [0.25, 0.3) is 0 Å². The van der Waals surface area contributed by atoms with Crippen LogP contribution in [-0.4, -0.2) is 20.1 Å². The number of phenols is 2. The van der Waals surface area contributed by atoms with Crippen molar-refractivity contribution < 1.29 is 24.8 Å². The maximum atomic E-state index is 10.9. The highest BCUT2D eigenvalue weighted by Gasteiger charge is 2.20. The summed E-state index contributed by atoms with van der Waals surface area (Å²) >= 11 is 0. The Labute approximate surface area is 129 Å². The first-order valence-corrected chi connectivity index (χ1v) is 6.34. The Morgan fingerprint density at radius 2 is 1.17 bits per heavy atom. The number of ether oxygens (including phenoxy) is 1. The zero-order valence-corrected chi connectivity index (χ0v) is 12.1. The highest BCUT2D eigenvalue weighted by molar-refractivity contribution is 5.58. The van der Waals surface area contributed by atoms with E-state index in [0.29, 0.717) is 0 Å². The van der Waals surface area contributed by atoms with Crippen molar-refractivity contribution in [1.29, 1.82) is 0 Å². The smallest absolute Gasteiger partial charge is 0.314 e. The fourth-order valence-corrected chi connectivity index (χ4v) is 1.99. The van der Waals surface area contributed by atoms with E-state index in [0.717, 1.165) is 12.1 Å². The molecule has 2 aromatic rings. The van der Waals surface area contributed by atoms with Crippen molar-refractivity contribution >= 4 is 11.4 Å². The minimum absolute atomic E-state index is 0.0337. The Bertz CT molecular complexity index is 750. The van der Waals surface area contributed by atoms with E-state index < -0.39 is 32.7 Å². The van der Waals surface area contributed by atoms with E-state index >= 15 is 0 Å². The van der Waals surface area contributed by atoms with Gasteiger partial charge in [-0.3, -0.25) is 20.2 Å². The number of benzene rings is 2. The zero-order valence-electron chi connectivity index (χ0n) is 12.1. The van der Waals surface area contributed by atoms with Crippen molar-refractivity contribution in [3.05, 3.63) is 55.6 Å². The molecule has 2 aromatic carbocycles. The molecule has 120 valence electrons. The van der Waals surface area contributed by atoms with Gasteiger partial charge in [-0.15, -0.1) is 0 Å². The van der Waals surface area contributed by atoms with Crippen LogP contribution in [0.15, 0.2) is 24.3 Å². The largest absolute Gasteiger partial charge is 0.502 e. The molecular formula is C14H12N2O7. The van der Waals surface area contributed by atoms with Gasteiger partial charge in [0.2, 0.25) is 0 Å². The monoisotopic (exact) mass is 320 g/mol. The van der Waals surface area contributed by atoms with Gasteiger partial charge in [-0.05, 0) is 26.0 Å². The van der Waals surface area contributed by atoms with Crippen molar-refractivity contribution in [2.75, 3.05) is 0 Å². The maximum absolute atomic E-state index is 10.9. The molecule has 23 heavy (non-hydrogen) atoms. The maximum Gasteiger partial charge on any atom is 0.314 e. The molecule has 0 atom stereocenters.